The molecule has 0 bridgehead atoms. The van der Waals surface area contributed by atoms with Crippen LogP contribution in [0, 0.1) is 11.7 Å². The summed E-state index contributed by atoms with van der Waals surface area (Å²) in [5.41, 5.74) is 0.987. The number of benzene rings is 2. The van der Waals surface area contributed by atoms with Crippen LogP contribution in [0.3, 0.4) is 0 Å². The summed E-state index contributed by atoms with van der Waals surface area (Å²) in [7, 11) is -2.25. The first-order chi connectivity index (χ1) is 14.3. The Morgan fingerprint density at radius 1 is 1.30 bits per heavy atom. The molecule has 9 heteroatoms. The van der Waals surface area contributed by atoms with Crippen molar-refractivity contribution in [1.82, 2.24) is 9.62 Å². The van der Waals surface area contributed by atoms with Crippen LogP contribution in [0.1, 0.15) is 18.4 Å². The third-order valence-electron chi connectivity index (χ3n) is 5.17. The second-order valence-corrected chi connectivity index (χ2v) is 9.48. The number of nitrogens with one attached hydrogen (secondary N) is 1. The maximum atomic E-state index is 13.4. The van der Waals surface area contributed by atoms with E-state index in [4.69, 9.17) is 16.3 Å². The highest BCUT2D eigenvalue weighted by atomic mass is 35.5. The molecule has 30 heavy (non-hydrogen) atoms. The molecule has 1 heterocycles. The summed E-state index contributed by atoms with van der Waals surface area (Å²) in [6.45, 7) is 0.816. The van der Waals surface area contributed by atoms with Crippen LogP contribution in [0.25, 0.3) is 0 Å². The van der Waals surface area contributed by atoms with Gasteiger partial charge in [0, 0.05) is 19.6 Å². The van der Waals surface area contributed by atoms with Crippen molar-refractivity contribution in [1.29, 1.82) is 0 Å². The Hall–Kier alpha value is -2.16. The Kier molecular flexibility index (Phi) is 7.33. The zero-order chi connectivity index (χ0) is 21.7. The first-order valence-corrected chi connectivity index (χ1v) is 11.5. The van der Waals surface area contributed by atoms with Crippen molar-refractivity contribution < 1.29 is 22.3 Å². The van der Waals surface area contributed by atoms with Crippen LogP contribution in [0.4, 0.5) is 4.39 Å². The van der Waals surface area contributed by atoms with Gasteiger partial charge < -0.3 is 10.1 Å². The van der Waals surface area contributed by atoms with E-state index in [0.717, 1.165) is 23.4 Å². The van der Waals surface area contributed by atoms with Crippen LogP contribution < -0.4 is 10.1 Å². The third kappa shape index (κ3) is 5.11. The zero-order valence-corrected chi connectivity index (χ0v) is 18.2. The van der Waals surface area contributed by atoms with Crippen LogP contribution in [0.2, 0.25) is 5.02 Å². The molecule has 6 nitrogen and oxygen atoms in total. The second kappa shape index (κ2) is 9.76. The van der Waals surface area contributed by atoms with Crippen molar-refractivity contribution in [2.75, 3.05) is 26.7 Å². The minimum absolute atomic E-state index is 0.0777. The molecule has 162 valence electrons. The van der Waals surface area contributed by atoms with Gasteiger partial charge in [-0.15, -0.1) is 0 Å². The van der Waals surface area contributed by atoms with Crippen LogP contribution >= 0.6 is 11.6 Å². The lowest BCUT2D eigenvalue weighted by molar-refractivity contribution is -0.126. The predicted molar refractivity (Wildman–Crippen MR) is 113 cm³/mol. The molecule has 1 fully saturated rings. The van der Waals surface area contributed by atoms with Crippen LogP contribution in [0.5, 0.6) is 5.75 Å². The smallest absolute Gasteiger partial charge is 0.243 e. The van der Waals surface area contributed by atoms with Crippen LogP contribution in [0.15, 0.2) is 47.4 Å². The number of rotatable bonds is 7. The van der Waals surface area contributed by atoms with E-state index in [0.29, 0.717) is 32.4 Å². The number of amides is 1. The van der Waals surface area contributed by atoms with Crippen molar-refractivity contribution in [3.8, 4) is 5.75 Å². The predicted octanol–water partition coefficient (Wildman–Crippen LogP) is 3.25. The van der Waals surface area contributed by atoms with Crippen molar-refractivity contribution in [2.45, 2.75) is 24.2 Å². The highest BCUT2D eigenvalue weighted by molar-refractivity contribution is 7.89. The first-order valence-electron chi connectivity index (χ1n) is 9.67. The molecule has 2 aromatic rings. The molecule has 0 aliphatic carbocycles. The summed E-state index contributed by atoms with van der Waals surface area (Å²) in [6.07, 6.45) is 1.79. The number of methoxy groups -OCH3 is 1. The molecule has 1 saturated heterocycles. The number of ether oxygens (including phenoxy) is 1. The highest BCUT2D eigenvalue weighted by Crippen LogP contribution is 2.26. The standard InChI is InChI=1S/C21H24ClFN2O4S/c1-29-20-7-3-2-5-15(20)10-11-24-21(26)16-6-4-12-25(14-16)30(27,28)17-8-9-19(23)18(22)13-17/h2-3,5,7-9,13,16H,4,6,10-12,14H2,1H3,(H,24,26). The second-order valence-electron chi connectivity index (χ2n) is 7.13. The van der Waals surface area contributed by atoms with Gasteiger partial charge in [-0.25, -0.2) is 12.8 Å². The van der Waals surface area contributed by atoms with E-state index in [1.54, 1.807) is 7.11 Å². The van der Waals surface area contributed by atoms with E-state index >= 15 is 0 Å². The molecule has 1 aliphatic rings. The molecular weight excluding hydrogens is 431 g/mol. The number of carbonyl (C=O) groups excluding carboxylic acids is 1. The molecule has 1 atom stereocenters. The third-order valence-corrected chi connectivity index (χ3v) is 7.32. The van der Waals surface area contributed by atoms with Crippen molar-refractivity contribution in [3.05, 3.63) is 58.9 Å². The van der Waals surface area contributed by atoms with Crippen LogP contribution in [-0.4, -0.2) is 45.4 Å². The summed E-state index contributed by atoms with van der Waals surface area (Å²) in [4.78, 5) is 12.5. The summed E-state index contributed by atoms with van der Waals surface area (Å²) < 4.78 is 45.7. The minimum Gasteiger partial charge on any atom is -0.496 e. The lowest BCUT2D eigenvalue weighted by Gasteiger charge is -2.31. The monoisotopic (exact) mass is 454 g/mol. The number of carbonyl (C=O) groups is 1. The number of hydrogen-bond donors (Lipinski definition) is 1. The van der Waals surface area contributed by atoms with Gasteiger partial charge in [0.25, 0.3) is 0 Å². The number of hydrogen-bond acceptors (Lipinski definition) is 4. The Morgan fingerprint density at radius 2 is 2.07 bits per heavy atom. The van der Waals surface area contributed by atoms with Gasteiger partial charge in [0.15, 0.2) is 0 Å². The maximum Gasteiger partial charge on any atom is 0.243 e. The van der Waals surface area contributed by atoms with Gasteiger partial charge in [-0.3, -0.25) is 4.79 Å². The minimum atomic E-state index is -3.85. The summed E-state index contributed by atoms with van der Waals surface area (Å²) in [6, 6.07) is 10.9. The first kappa shape index (κ1) is 22.5. The van der Waals surface area contributed by atoms with E-state index < -0.39 is 21.8 Å². The maximum absolute atomic E-state index is 13.4. The van der Waals surface area contributed by atoms with E-state index in [-0.39, 0.29) is 22.4 Å². The molecule has 1 unspecified atom stereocenters. The van der Waals surface area contributed by atoms with Gasteiger partial charge in [-0.1, -0.05) is 29.8 Å². The normalized spacial score (nSPS) is 17.5. The van der Waals surface area contributed by atoms with E-state index in [9.17, 15) is 17.6 Å². The molecule has 3 rings (SSSR count). The molecule has 1 amide bonds. The molecule has 0 radical (unpaired) electrons. The number of sulfonamides is 1. The highest BCUT2D eigenvalue weighted by Gasteiger charge is 2.33. The molecule has 0 aromatic heterocycles. The van der Waals surface area contributed by atoms with Crippen molar-refractivity contribution in [3.63, 3.8) is 0 Å². The van der Waals surface area contributed by atoms with Crippen molar-refractivity contribution >= 4 is 27.5 Å². The van der Waals surface area contributed by atoms with E-state index in [2.05, 4.69) is 5.32 Å². The average Bonchev–Trinajstić information content (AvgIpc) is 2.76. The lowest BCUT2D eigenvalue weighted by Crippen LogP contribution is -2.45. The molecule has 0 saturated carbocycles. The van der Waals surface area contributed by atoms with Gasteiger partial charge >= 0.3 is 0 Å². The largest absolute Gasteiger partial charge is 0.496 e. The Bertz CT molecular complexity index is 1020. The van der Waals surface area contributed by atoms with E-state index in [1.165, 1.54) is 10.4 Å². The number of piperidine rings is 1. The van der Waals surface area contributed by atoms with Gasteiger partial charge in [0.2, 0.25) is 15.9 Å². The molecular formula is C21H24ClFN2O4S. The molecule has 2 aromatic carbocycles. The average molecular weight is 455 g/mol. The van der Waals surface area contributed by atoms with Crippen molar-refractivity contribution in [2.24, 2.45) is 5.92 Å². The number of para-hydroxylation sites is 1. The molecule has 1 aliphatic heterocycles. The topological polar surface area (TPSA) is 75.7 Å². The fourth-order valence-corrected chi connectivity index (χ4v) is 5.33. The summed E-state index contributed by atoms with van der Waals surface area (Å²) in [5.74, 6) is -0.537. The molecule has 1 N–H and O–H groups in total. The number of halogens is 2. The fraction of sp³-hybridized carbons (Fsp3) is 0.381. The van der Waals surface area contributed by atoms with Gasteiger partial charge in [-0.2, -0.15) is 4.31 Å². The Balaban J connectivity index is 1.61. The van der Waals surface area contributed by atoms with Crippen LogP contribution in [-0.2, 0) is 21.2 Å². The van der Waals surface area contributed by atoms with Gasteiger partial charge in [0.1, 0.15) is 11.6 Å². The molecule has 0 spiro atoms. The Morgan fingerprint density at radius 3 is 2.80 bits per heavy atom. The van der Waals surface area contributed by atoms with Gasteiger partial charge in [-0.05, 0) is 49.1 Å². The van der Waals surface area contributed by atoms with E-state index in [1.807, 2.05) is 24.3 Å². The fourth-order valence-electron chi connectivity index (χ4n) is 3.54. The SMILES string of the molecule is COc1ccccc1CCNC(=O)C1CCCN(S(=O)(=O)c2ccc(F)c(Cl)c2)C1. The summed E-state index contributed by atoms with van der Waals surface area (Å²) >= 11 is 5.74. The summed E-state index contributed by atoms with van der Waals surface area (Å²) in [5, 5.41) is 2.64. The quantitative estimate of drug-likeness (QED) is 0.696. The van der Waals surface area contributed by atoms with Gasteiger partial charge in [0.05, 0.1) is 22.9 Å². The number of nitrogens with zero attached hydrogens (tertiary/aromatic N) is 1. The zero-order valence-electron chi connectivity index (χ0n) is 16.6. The lowest BCUT2D eigenvalue weighted by atomic mass is 9.98. The Labute approximate surface area is 181 Å².